The van der Waals surface area contributed by atoms with Gasteiger partial charge in [0.05, 0.1) is 4.92 Å². The number of rotatable bonds is 1. The number of nitrogens with zero attached hydrogens (tertiary/aromatic N) is 1. The van der Waals surface area contributed by atoms with Gasteiger partial charge >= 0.3 is 0 Å². The first-order valence-electron chi connectivity index (χ1n) is 3.49. The maximum atomic E-state index is 10.2. The molecule has 7 heteroatoms. The van der Waals surface area contributed by atoms with Crippen molar-refractivity contribution >= 4 is 17.0 Å². The lowest BCUT2D eigenvalue weighted by Crippen LogP contribution is -1.97. The Kier molecular flexibility index (Phi) is 5.61. The minimum Gasteiger partial charge on any atom is -0.760 e. The Balaban J connectivity index is 0.000000364. The van der Waals surface area contributed by atoms with Crippen LogP contribution in [-0.2, 0) is 11.3 Å². The molecule has 0 aliphatic rings. The average molecular weight is 217 g/mol. The molecule has 0 bridgehead atoms. The molecule has 1 rings (SSSR count). The van der Waals surface area contributed by atoms with E-state index >= 15 is 0 Å². The molecule has 6 nitrogen and oxygen atoms in total. The third-order valence-corrected chi connectivity index (χ3v) is 1.31. The van der Waals surface area contributed by atoms with Gasteiger partial charge in [-0.1, -0.05) is 18.2 Å². The van der Waals surface area contributed by atoms with E-state index in [1.807, 2.05) is 0 Å². The summed E-state index contributed by atoms with van der Waals surface area (Å²) in [6.07, 6.45) is 0. The second-order valence-corrected chi connectivity index (χ2v) is 2.83. The van der Waals surface area contributed by atoms with Crippen LogP contribution < -0.4 is 5.14 Å². The molecule has 1 atom stereocenters. The predicted molar refractivity (Wildman–Crippen MR) is 50.9 cm³/mol. The Hall–Kier alpha value is -1.31. The van der Waals surface area contributed by atoms with Crippen molar-refractivity contribution in [3.8, 4) is 0 Å². The van der Waals surface area contributed by atoms with E-state index in [1.165, 1.54) is 6.07 Å². The fourth-order valence-electron chi connectivity index (χ4n) is 0.768. The number of aryl methyl sites for hydroxylation is 1. The van der Waals surface area contributed by atoms with Gasteiger partial charge in [-0.25, -0.2) is 0 Å². The van der Waals surface area contributed by atoms with Gasteiger partial charge in [-0.3, -0.25) is 19.5 Å². The average Bonchev–Trinajstić information content (AvgIpc) is 2.03. The fraction of sp³-hybridized carbons (Fsp3) is 0.143. The molecule has 0 fully saturated rings. The second kappa shape index (κ2) is 6.19. The van der Waals surface area contributed by atoms with E-state index in [2.05, 4.69) is 5.14 Å². The summed E-state index contributed by atoms with van der Waals surface area (Å²) >= 11 is -2.36. The van der Waals surface area contributed by atoms with E-state index in [0.29, 0.717) is 5.56 Å². The van der Waals surface area contributed by atoms with E-state index in [9.17, 15) is 10.1 Å². The predicted octanol–water partition coefficient (Wildman–Crippen LogP) is 0.642. The molecule has 0 amide bonds. The highest BCUT2D eigenvalue weighted by molar-refractivity contribution is 7.76. The van der Waals surface area contributed by atoms with Gasteiger partial charge in [-0.15, -0.1) is 0 Å². The van der Waals surface area contributed by atoms with E-state index < -0.39 is 11.3 Å². The molecule has 14 heavy (non-hydrogen) atoms. The molecule has 0 aliphatic heterocycles. The molecule has 78 valence electrons. The van der Waals surface area contributed by atoms with Gasteiger partial charge in [-0.2, -0.15) is 0 Å². The lowest BCUT2D eigenvalue weighted by Gasteiger charge is -1.92. The summed E-state index contributed by atoms with van der Waals surface area (Å²) in [7, 11) is 0. The number of hydrogen-bond donors (Lipinski definition) is 1. The zero-order valence-corrected chi connectivity index (χ0v) is 8.19. The minimum atomic E-state index is -2.36. The maximum absolute atomic E-state index is 10.2. The van der Waals surface area contributed by atoms with E-state index in [1.54, 1.807) is 25.1 Å². The summed E-state index contributed by atoms with van der Waals surface area (Å²) < 4.78 is 17.6. The number of benzene rings is 1. The van der Waals surface area contributed by atoms with Crippen LogP contribution in [0.1, 0.15) is 5.56 Å². The highest BCUT2D eigenvalue weighted by Crippen LogP contribution is 2.14. The smallest absolute Gasteiger partial charge is 0.272 e. The van der Waals surface area contributed by atoms with E-state index in [-0.39, 0.29) is 10.6 Å². The molecule has 0 heterocycles. The monoisotopic (exact) mass is 217 g/mol. The van der Waals surface area contributed by atoms with Crippen LogP contribution in [0.2, 0.25) is 0 Å². The largest absolute Gasteiger partial charge is 0.760 e. The van der Waals surface area contributed by atoms with Crippen LogP contribution in [0.25, 0.3) is 0 Å². The summed E-state index contributed by atoms with van der Waals surface area (Å²) in [6, 6.07) is 6.65. The fourth-order valence-corrected chi connectivity index (χ4v) is 0.768. The molecule has 1 unspecified atom stereocenters. The number of nitrogens with two attached hydrogens (primary N) is 1. The molecule has 1 aromatic carbocycles. The standard InChI is InChI=1S/C7H7NO2.H3NO2S/c1-6-4-2-3-5-7(6)8(9)10;1-4(2)3/h2-5H,1H3;1H2,(H,2,3)/p-1. The van der Waals surface area contributed by atoms with Crippen LogP contribution in [0.4, 0.5) is 5.69 Å². The Morgan fingerprint density at radius 1 is 1.43 bits per heavy atom. The highest BCUT2D eigenvalue weighted by atomic mass is 32.2. The third kappa shape index (κ3) is 5.36. The Labute approximate surface area is 83.3 Å². The third-order valence-electron chi connectivity index (χ3n) is 1.31. The summed E-state index contributed by atoms with van der Waals surface area (Å²) in [5.74, 6) is 0. The molecule has 2 N–H and O–H groups in total. The first kappa shape index (κ1) is 12.7. The van der Waals surface area contributed by atoms with E-state index in [4.69, 9.17) is 8.76 Å². The van der Waals surface area contributed by atoms with Crippen LogP contribution in [0.3, 0.4) is 0 Å². The van der Waals surface area contributed by atoms with Gasteiger partial charge in [0.15, 0.2) is 0 Å². The van der Waals surface area contributed by atoms with Crippen LogP contribution in [-0.4, -0.2) is 13.7 Å². The molecule has 0 radical (unpaired) electrons. The molecule has 1 aromatic rings. The molecule has 0 aliphatic carbocycles. The van der Waals surface area contributed by atoms with E-state index in [0.717, 1.165) is 0 Å². The van der Waals surface area contributed by atoms with Crippen LogP contribution in [0.5, 0.6) is 0 Å². The Morgan fingerprint density at radius 2 is 1.86 bits per heavy atom. The van der Waals surface area contributed by atoms with Gasteiger partial charge in [0.25, 0.3) is 5.69 Å². The molecule has 0 saturated carbocycles. The first-order valence-corrected chi connectivity index (χ1v) is 4.62. The minimum absolute atomic E-state index is 0.183. The van der Waals surface area contributed by atoms with Crippen molar-refractivity contribution in [2.45, 2.75) is 6.92 Å². The van der Waals surface area contributed by atoms with Crippen molar-refractivity contribution < 1.29 is 13.7 Å². The highest BCUT2D eigenvalue weighted by Gasteiger charge is 2.05. The molecule has 0 saturated heterocycles. The van der Waals surface area contributed by atoms with Crippen molar-refractivity contribution in [3.05, 3.63) is 39.9 Å². The van der Waals surface area contributed by atoms with Crippen molar-refractivity contribution in [2.24, 2.45) is 5.14 Å². The van der Waals surface area contributed by atoms with Crippen molar-refractivity contribution in [3.63, 3.8) is 0 Å². The van der Waals surface area contributed by atoms with Crippen LogP contribution in [0.15, 0.2) is 24.3 Å². The van der Waals surface area contributed by atoms with Crippen LogP contribution >= 0.6 is 0 Å². The van der Waals surface area contributed by atoms with Gasteiger partial charge < -0.3 is 4.55 Å². The van der Waals surface area contributed by atoms with Gasteiger partial charge in [0.1, 0.15) is 0 Å². The lowest BCUT2D eigenvalue weighted by molar-refractivity contribution is -0.385. The summed E-state index contributed by atoms with van der Waals surface area (Å²) in [4.78, 5) is 9.85. The Morgan fingerprint density at radius 3 is 2.14 bits per heavy atom. The first-order chi connectivity index (χ1) is 6.45. The normalized spacial score (nSPS) is 11.1. The summed E-state index contributed by atoms with van der Waals surface area (Å²) in [5.41, 5.74) is 0.884. The molecule has 0 aromatic heterocycles. The number of nitro groups is 1. The topological polar surface area (TPSA) is 109 Å². The van der Waals surface area contributed by atoms with Gasteiger partial charge in [0.2, 0.25) is 0 Å². The quantitative estimate of drug-likeness (QED) is 0.423. The van der Waals surface area contributed by atoms with Gasteiger partial charge in [0, 0.05) is 22.9 Å². The molecular weight excluding hydrogens is 208 g/mol. The Bertz CT molecular complexity index is 338. The lowest BCUT2D eigenvalue weighted by atomic mass is 10.2. The van der Waals surface area contributed by atoms with Crippen molar-refractivity contribution in [2.75, 3.05) is 0 Å². The number of nitro benzene ring substituents is 1. The SMILES string of the molecule is Cc1ccccc1[N+](=O)[O-].NS(=O)[O-]. The number of hydrogen-bond acceptors (Lipinski definition) is 4. The second-order valence-electron chi connectivity index (χ2n) is 2.30. The summed E-state index contributed by atoms with van der Waals surface area (Å²) in [6.45, 7) is 1.72. The van der Waals surface area contributed by atoms with Crippen molar-refractivity contribution in [1.29, 1.82) is 0 Å². The van der Waals surface area contributed by atoms with Gasteiger partial charge in [-0.05, 0) is 6.92 Å². The zero-order valence-electron chi connectivity index (χ0n) is 7.38. The van der Waals surface area contributed by atoms with Crippen molar-refractivity contribution in [1.82, 2.24) is 0 Å². The maximum Gasteiger partial charge on any atom is 0.272 e. The molecular formula is C7H9N2O4S-. The number of para-hydroxylation sites is 1. The molecule has 0 spiro atoms. The zero-order chi connectivity index (χ0) is 11.1. The van der Waals surface area contributed by atoms with Crippen LogP contribution in [0, 0.1) is 17.0 Å². The summed E-state index contributed by atoms with van der Waals surface area (Å²) in [5, 5.41) is 14.3.